The van der Waals surface area contributed by atoms with Gasteiger partial charge in [-0.25, -0.2) is 0 Å². The molecule has 0 aromatic carbocycles. The summed E-state index contributed by atoms with van der Waals surface area (Å²) < 4.78 is 4.93. The maximum Gasteiger partial charge on any atom is 0.206 e. The van der Waals surface area contributed by atoms with Gasteiger partial charge in [0.25, 0.3) is 0 Å². The first-order valence-electron chi connectivity index (χ1n) is 4.05. The van der Waals surface area contributed by atoms with Crippen LogP contribution in [0.3, 0.4) is 0 Å². The van der Waals surface area contributed by atoms with Gasteiger partial charge in [0.1, 0.15) is 11.6 Å². The second-order valence-corrected chi connectivity index (χ2v) is 3.85. The van der Waals surface area contributed by atoms with Crippen LogP contribution in [0.5, 0.6) is 0 Å². The van der Waals surface area contributed by atoms with Gasteiger partial charge in [-0.2, -0.15) is 0 Å². The maximum atomic E-state index is 11.1. The number of methoxy groups -OCH3 is 1. The minimum absolute atomic E-state index is 0.0754. The molecule has 1 atom stereocenters. The van der Waals surface area contributed by atoms with Crippen LogP contribution in [0.1, 0.15) is 27.7 Å². The van der Waals surface area contributed by atoms with Crippen LogP contribution >= 0.6 is 0 Å². The van der Waals surface area contributed by atoms with Crippen molar-refractivity contribution >= 4 is 0 Å². The third-order valence-electron chi connectivity index (χ3n) is 1.23. The van der Waals surface area contributed by atoms with Gasteiger partial charge in [0.2, 0.25) is 6.54 Å². The van der Waals surface area contributed by atoms with Gasteiger partial charge < -0.3 is 9.94 Å². The highest BCUT2D eigenvalue weighted by Gasteiger charge is 2.14. The molecule has 0 aliphatic carbocycles. The molecular weight excluding hydrogens is 156 g/mol. The van der Waals surface area contributed by atoms with Crippen molar-refractivity contribution in [3.05, 3.63) is 5.21 Å². The molecule has 0 saturated carbocycles. The normalized spacial score (nSPS) is 16.2. The van der Waals surface area contributed by atoms with Gasteiger partial charge >= 0.3 is 0 Å². The summed E-state index contributed by atoms with van der Waals surface area (Å²) in [5.74, 6) is 0. The molecular formula is C8H18N2O2. The zero-order chi connectivity index (χ0) is 9.78. The van der Waals surface area contributed by atoms with Gasteiger partial charge in [-0.05, 0) is 32.8 Å². The van der Waals surface area contributed by atoms with Crippen molar-refractivity contribution in [1.29, 1.82) is 0 Å². The lowest BCUT2D eigenvalue weighted by Gasteiger charge is -2.12. The van der Waals surface area contributed by atoms with Gasteiger partial charge in [0.05, 0.1) is 0 Å². The van der Waals surface area contributed by atoms with E-state index in [1.54, 1.807) is 7.11 Å². The third kappa shape index (κ3) is 6.09. The van der Waals surface area contributed by atoms with Gasteiger partial charge in [0.15, 0.2) is 0 Å². The first-order chi connectivity index (χ1) is 5.35. The Morgan fingerprint density at radius 2 is 2.00 bits per heavy atom. The molecule has 4 nitrogen and oxygen atoms in total. The van der Waals surface area contributed by atoms with Crippen LogP contribution in [-0.4, -0.2) is 30.2 Å². The van der Waals surface area contributed by atoms with E-state index in [4.69, 9.17) is 4.74 Å². The minimum atomic E-state index is -0.310. The summed E-state index contributed by atoms with van der Waals surface area (Å²) in [5, 5.41) is 15.0. The highest BCUT2D eigenvalue weighted by atomic mass is 16.5. The van der Waals surface area contributed by atoms with E-state index in [9.17, 15) is 5.21 Å². The zero-order valence-corrected chi connectivity index (χ0v) is 8.50. The lowest BCUT2D eigenvalue weighted by atomic mass is 10.1. The second-order valence-electron chi connectivity index (χ2n) is 3.85. The Hall–Kier alpha value is -0.640. The Kier molecular flexibility index (Phi) is 4.17. The summed E-state index contributed by atoms with van der Waals surface area (Å²) in [4.78, 5) is 0.689. The molecule has 0 aliphatic rings. The molecule has 0 saturated heterocycles. The van der Waals surface area contributed by atoms with E-state index in [0.717, 1.165) is 0 Å². The van der Waals surface area contributed by atoms with Crippen molar-refractivity contribution in [3.63, 3.8) is 0 Å². The number of hydroxylamine groups is 1. The molecule has 0 radical (unpaired) electrons. The minimum Gasteiger partial charge on any atom is -0.600 e. The molecule has 0 aromatic rings. The number of nitrogens with zero attached hydrogens (tertiary/aromatic N) is 2. The number of hydrogen-bond donors (Lipinski definition) is 0. The standard InChI is InChI=1S/C8H18N2O2/c1-7(12-5)6-10(11)9-8(2,3)4/h7H,6H2,1-5H3/b10-9-. The van der Waals surface area contributed by atoms with E-state index in [2.05, 4.69) is 5.11 Å². The largest absolute Gasteiger partial charge is 0.600 e. The maximum absolute atomic E-state index is 11.1. The average Bonchev–Trinajstić information content (AvgIpc) is 1.82. The average molecular weight is 174 g/mol. The third-order valence-corrected chi connectivity index (χ3v) is 1.23. The Morgan fingerprint density at radius 1 is 1.50 bits per heavy atom. The van der Waals surface area contributed by atoms with E-state index in [-0.39, 0.29) is 18.2 Å². The summed E-state index contributed by atoms with van der Waals surface area (Å²) in [5.41, 5.74) is -0.310. The van der Waals surface area contributed by atoms with Crippen molar-refractivity contribution in [2.45, 2.75) is 39.3 Å². The molecule has 0 N–H and O–H groups in total. The predicted octanol–water partition coefficient (Wildman–Crippen LogP) is 1.78. The van der Waals surface area contributed by atoms with Gasteiger partial charge in [-0.1, -0.05) is 4.86 Å². The fourth-order valence-electron chi connectivity index (χ4n) is 0.670. The van der Waals surface area contributed by atoms with Crippen LogP contribution in [0.4, 0.5) is 0 Å². The van der Waals surface area contributed by atoms with Crippen LogP contribution < -0.4 is 0 Å². The van der Waals surface area contributed by atoms with Crippen LogP contribution in [0.25, 0.3) is 0 Å². The molecule has 0 fully saturated rings. The molecule has 0 aliphatic heterocycles. The number of rotatable bonds is 3. The van der Waals surface area contributed by atoms with E-state index in [0.29, 0.717) is 4.86 Å². The fourth-order valence-corrected chi connectivity index (χ4v) is 0.670. The summed E-state index contributed by atoms with van der Waals surface area (Å²) in [6.07, 6.45) is -0.0754. The van der Waals surface area contributed by atoms with Crippen LogP contribution in [0.15, 0.2) is 5.11 Å². The van der Waals surface area contributed by atoms with Crippen molar-refractivity contribution in [2.24, 2.45) is 5.11 Å². The topological polar surface area (TPSA) is 47.7 Å². The van der Waals surface area contributed by atoms with Gasteiger partial charge in [-0.15, -0.1) is 0 Å². The van der Waals surface area contributed by atoms with E-state index in [1.807, 2.05) is 27.7 Å². The van der Waals surface area contributed by atoms with Crippen molar-refractivity contribution in [2.75, 3.05) is 13.7 Å². The Labute approximate surface area is 73.8 Å². The van der Waals surface area contributed by atoms with Gasteiger partial charge in [-0.3, -0.25) is 0 Å². The first-order valence-corrected chi connectivity index (χ1v) is 4.05. The quantitative estimate of drug-likeness (QED) is 0.372. The summed E-state index contributed by atoms with van der Waals surface area (Å²) >= 11 is 0. The lowest BCUT2D eigenvalue weighted by Crippen LogP contribution is -2.22. The highest BCUT2D eigenvalue weighted by molar-refractivity contribution is 4.64. The summed E-state index contributed by atoms with van der Waals surface area (Å²) in [7, 11) is 1.58. The molecule has 0 bridgehead atoms. The highest BCUT2D eigenvalue weighted by Crippen LogP contribution is 2.06. The first kappa shape index (κ1) is 11.4. The fraction of sp³-hybridized carbons (Fsp3) is 1.00. The number of hydrogen-bond acceptors (Lipinski definition) is 3. The molecule has 72 valence electrons. The molecule has 1 unspecified atom stereocenters. The van der Waals surface area contributed by atoms with Crippen molar-refractivity contribution < 1.29 is 9.60 Å². The Bertz CT molecular complexity index is 161. The molecule has 0 heterocycles. The molecule has 0 amide bonds. The van der Waals surface area contributed by atoms with Crippen molar-refractivity contribution in [1.82, 2.24) is 0 Å². The van der Waals surface area contributed by atoms with Gasteiger partial charge in [0, 0.05) is 7.11 Å². The number of azo groups is 1. The van der Waals surface area contributed by atoms with E-state index in [1.165, 1.54) is 0 Å². The number of ether oxygens (including phenoxy) is 1. The van der Waals surface area contributed by atoms with Crippen LogP contribution in [-0.2, 0) is 4.74 Å². The molecule has 0 spiro atoms. The molecule has 4 heteroatoms. The molecule has 0 aromatic heterocycles. The summed E-state index contributed by atoms with van der Waals surface area (Å²) in [6.45, 7) is 7.77. The van der Waals surface area contributed by atoms with Crippen LogP contribution in [0.2, 0.25) is 0 Å². The molecule has 12 heavy (non-hydrogen) atoms. The van der Waals surface area contributed by atoms with Crippen molar-refractivity contribution in [3.8, 4) is 0 Å². The summed E-state index contributed by atoms with van der Waals surface area (Å²) in [6, 6.07) is 0. The smallest absolute Gasteiger partial charge is 0.206 e. The Morgan fingerprint density at radius 3 is 2.33 bits per heavy atom. The second kappa shape index (κ2) is 4.40. The Balaban J connectivity index is 4.03. The van der Waals surface area contributed by atoms with E-state index >= 15 is 0 Å². The monoisotopic (exact) mass is 174 g/mol. The zero-order valence-electron chi connectivity index (χ0n) is 8.50. The molecule has 0 rings (SSSR count). The SMILES string of the molecule is COC(C)C/[N+]([O-])=N/C(C)(C)C. The van der Waals surface area contributed by atoms with Crippen LogP contribution in [0, 0.1) is 5.21 Å². The lowest BCUT2D eigenvalue weighted by molar-refractivity contribution is -0.544. The predicted molar refractivity (Wildman–Crippen MR) is 47.1 cm³/mol. The van der Waals surface area contributed by atoms with E-state index < -0.39 is 0 Å².